The van der Waals surface area contributed by atoms with E-state index in [9.17, 15) is 9.18 Å². The van der Waals surface area contributed by atoms with Crippen LogP contribution in [-0.2, 0) is 19.4 Å². The number of carbonyl (C=O) groups is 1. The van der Waals surface area contributed by atoms with Gasteiger partial charge >= 0.3 is 0 Å². The molecule has 144 valence electrons. The molecule has 1 aliphatic rings. The quantitative estimate of drug-likeness (QED) is 0.726. The molecular formula is C21H25ClFN3O. The minimum absolute atomic E-state index is 0.0387. The van der Waals surface area contributed by atoms with Crippen LogP contribution in [0, 0.1) is 5.82 Å². The lowest BCUT2D eigenvalue weighted by atomic mass is 10.0. The molecule has 0 fully saturated rings. The second-order valence-corrected chi connectivity index (χ2v) is 7.51. The Morgan fingerprint density at radius 3 is 2.74 bits per heavy atom. The molecule has 2 aromatic carbocycles. The molecule has 0 bridgehead atoms. The summed E-state index contributed by atoms with van der Waals surface area (Å²) in [5, 5.41) is 10.1. The maximum absolute atomic E-state index is 14.4. The first-order chi connectivity index (χ1) is 13.0. The van der Waals surface area contributed by atoms with Gasteiger partial charge in [0.25, 0.3) is 5.91 Å². The van der Waals surface area contributed by atoms with Crippen molar-refractivity contribution in [2.75, 3.05) is 18.4 Å². The first-order valence-corrected chi connectivity index (χ1v) is 9.67. The van der Waals surface area contributed by atoms with Crippen LogP contribution in [0.1, 0.15) is 40.9 Å². The van der Waals surface area contributed by atoms with Crippen LogP contribution in [0.2, 0.25) is 5.02 Å². The Kier molecular flexibility index (Phi) is 6.34. The molecule has 0 aliphatic carbocycles. The smallest absolute Gasteiger partial charge is 0.254 e. The van der Waals surface area contributed by atoms with Crippen molar-refractivity contribution < 1.29 is 9.18 Å². The molecule has 2 aromatic rings. The van der Waals surface area contributed by atoms with Crippen molar-refractivity contribution in [1.82, 2.24) is 10.6 Å². The van der Waals surface area contributed by atoms with E-state index >= 15 is 0 Å². The SMILES string of the molecule is CC(C)NC(=O)c1ccc(CNc2c(Cl)ccc3c2CCNCC3)cc1F. The Balaban J connectivity index is 1.76. The first kappa shape index (κ1) is 19.6. The second-order valence-electron chi connectivity index (χ2n) is 7.11. The van der Waals surface area contributed by atoms with E-state index in [1.807, 2.05) is 19.9 Å². The molecule has 1 aliphatic heterocycles. The summed E-state index contributed by atoms with van der Waals surface area (Å²) in [6, 6.07) is 8.65. The van der Waals surface area contributed by atoms with Crippen molar-refractivity contribution >= 4 is 23.2 Å². The summed E-state index contributed by atoms with van der Waals surface area (Å²) in [5.74, 6) is -0.916. The van der Waals surface area contributed by atoms with Gasteiger partial charge in [-0.1, -0.05) is 23.7 Å². The molecule has 1 heterocycles. The molecule has 0 spiro atoms. The van der Waals surface area contributed by atoms with E-state index in [1.165, 1.54) is 23.3 Å². The number of nitrogens with one attached hydrogen (secondary N) is 3. The number of fused-ring (bicyclic) bond motifs is 1. The normalized spacial score (nSPS) is 13.8. The third-order valence-electron chi connectivity index (χ3n) is 4.65. The highest BCUT2D eigenvalue weighted by Gasteiger charge is 2.16. The number of carbonyl (C=O) groups excluding carboxylic acids is 1. The van der Waals surface area contributed by atoms with Gasteiger partial charge in [0, 0.05) is 12.6 Å². The lowest BCUT2D eigenvalue weighted by Gasteiger charge is -2.16. The molecule has 0 radical (unpaired) electrons. The number of halogens is 2. The van der Waals surface area contributed by atoms with Crippen molar-refractivity contribution in [3.8, 4) is 0 Å². The van der Waals surface area contributed by atoms with Crippen molar-refractivity contribution in [2.45, 2.75) is 39.3 Å². The summed E-state index contributed by atoms with van der Waals surface area (Å²) in [7, 11) is 0. The van der Waals surface area contributed by atoms with Crippen LogP contribution >= 0.6 is 11.6 Å². The largest absolute Gasteiger partial charge is 0.380 e. The molecule has 4 nitrogen and oxygen atoms in total. The Bertz CT molecular complexity index is 838. The van der Waals surface area contributed by atoms with Gasteiger partial charge in [-0.05, 0) is 74.7 Å². The van der Waals surface area contributed by atoms with Crippen LogP contribution in [0.3, 0.4) is 0 Å². The van der Waals surface area contributed by atoms with Gasteiger partial charge in [-0.25, -0.2) is 4.39 Å². The van der Waals surface area contributed by atoms with Crippen molar-refractivity contribution in [1.29, 1.82) is 0 Å². The van der Waals surface area contributed by atoms with Crippen LogP contribution in [-0.4, -0.2) is 25.0 Å². The number of hydrogen-bond acceptors (Lipinski definition) is 3. The summed E-state index contributed by atoms with van der Waals surface area (Å²) >= 11 is 6.42. The molecule has 0 aromatic heterocycles. The van der Waals surface area contributed by atoms with Crippen LogP contribution in [0.25, 0.3) is 0 Å². The van der Waals surface area contributed by atoms with Gasteiger partial charge in [0.15, 0.2) is 0 Å². The lowest BCUT2D eigenvalue weighted by Crippen LogP contribution is -2.30. The highest BCUT2D eigenvalue weighted by atomic mass is 35.5. The minimum Gasteiger partial charge on any atom is -0.380 e. The monoisotopic (exact) mass is 389 g/mol. The zero-order valence-corrected chi connectivity index (χ0v) is 16.4. The van der Waals surface area contributed by atoms with Crippen LogP contribution in [0.5, 0.6) is 0 Å². The highest BCUT2D eigenvalue weighted by molar-refractivity contribution is 6.33. The van der Waals surface area contributed by atoms with Crippen LogP contribution < -0.4 is 16.0 Å². The predicted molar refractivity (Wildman–Crippen MR) is 108 cm³/mol. The Morgan fingerprint density at radius 2 is 2.00 bits per heavy atom. The molecule has 0 saturated heterocycles. The van der Waals surface area contributed by atoms with Gasteiger partial charge < -0.3 is 16.0 Å². The third-order valence-corrected chi connectivity index (χ3v) is 4.96. The standard InChI is InChI=1S/C21H25ClFN3O/c1-13(2)26-21(27)17-5-3-14(11-19(17)23)12-25-20-16-8-10-24-9-7-15(16)4-6-18(20)22/h3-6,11,13,24-25H,7-10,12H2,1-2H3,(H,26,27). The Labute approximate surface area is 164 Å². The van der Waals surface area contributed by atoms with Crippen molar-refractivity contribution in [3.05, 3.63) is 63.4 Å². The van der Waals surface area contributed by atoms with E-state index < -0.39 is 11.7 Å². The molecule has 6 heteroatoms. The average Bonchev–Trinajstić information content (AvgIpc) is 2.86. The van der Waals surface area contributed by atoms with Gasteiger partial charge in [-0.3, -0.25) is 4.79 Å². The molecular weight excluding hydrogens is 365 g/mol. The van der Waals surface area contributed by atoms with Crippen LogP contribution in [0.4, 0.5) is 10.1 Å². The molecule has 0 atom stereocenters. The summed E-state index contributed by atoms with van der Waals surface area (Å²) < 4.78 is 14.4. The van der Waals surface area contributed by atoms with E-state index in [0.717, 1.165) is 37.2 Å². The summed E-state index contributed by atoms with van der Waals surface area (Å²) in [6.07, 6.45) is 1.87. The summed E-state index contributed by atoms with van der Waals surface area (Å²) in [5.41, 5.74) is 4.25. The Hall–Kier alpha value is -2.11. The van der Waals surface area contributed by atoms with Crippen LogP contribution in [0.15, 0.2) is 30.3 Å². The highest BCUT2D eigenvalue weighted by Crippen LogP contribution is 2.31. The lowest BCUT2D eigenvalue weighted by molar-refractivity contribution is 0.0939. The fourth-order valence-corrected chi connectivity index (χ4v) is 3.56. The molecule has 3 N–H and O–H groups in total. The van der Waals surface area contributed by atoms with Gasteiger partial charge in [0.2, 0.25) is 0 Å². The van der Waals surface area contributed by atoms with E-state index in [4.69, 9.17) is 11.6 Å². The van der Waals surface area contributed by atoms with E-state index in [-0.39, 0.29) is 11.6 Å². The maximum Gasteiger partial charge on any atom is 0.254 e. The predicted octanol–water partition coefficient (Wildman–Crippen LogP) is 3.92. The third kappa shape index (κ3) is 4.79. The van der Waals surface area contributed by atoms with Gasteiger partial charge in [-0.15, -0.1) is 0 Å². The van der Waals surface area contributed by atoms with E-state index in [2.05, 4.69) is 22.0 Å². The number of anilines is 1. The second kappa shape index (κ2) is 8.72. The molecule has 0 unspecified atom stereocenters. The summed E-state index contributed by atoms with van der Waals surface area (Å²) in [6.45, 7) is 5.99. The van der Waals surface area contributed by atoms with Gasteiger partial charge in [-0.2, -0.15) is 0 Å². The number of hydrogen-bond donors (Lipinski definition) is 3. The fraction of sp³-hybridized carbons (Fsp3) is 0.381. The Morgan fingerprint density at radius 1 is 1.22 bits per heavy atom. The molecule has 27 heavy (non-hydrogen) atoms. The van der Waals surface area contributed by atoms with Crippen molar-refractivity contribution in [2.24, 2.45) is 0 Å². The molecule has 3 rings (SSSR count). The maximum atomic E-state index is 14.4. The van der Waals surface area contributed by atoms with Gasteiger partial charge in [0.1, 0.15) is 5.82 Å². The van der Waals surface area contributed by atoms with E-state index in [0.29, 0.717) is 11.6 Å². The van der Waals surface area contributed by atoms with Crippen molar-refractivity contribution in [3.63, 3.8) is 0 Å². The number of rotatable bonds is 5. The molecule has 1 amide bonds. The number of benzene rings is 2. The molecule has 0 saturated carbocycles. The zero-order valence-electron chi connectivity index (χ0n) is 15.7. The van der Waals surface area contributed by atoms with Gasteiger partial charge in [0.05, 0.1) is 16.3 Å². The summed E-state index contributed by atoms with van der Waals surface area (Å²) in [4.78, 5) is 12.0. The average molecular weight is 390 g/mol. The zero-order chi connectivity index (χ0) is 19.4. The number of amides is 1. The fourth-order valence-electron chi connectivity index (χ4n) is 3.32. The topological polar surface area (TPSA) is 53.2 Å². The first-order valence-electron chi connectivity index (χ1n) is 9.30. The minimum atomic E-state index is -0.519. The van der Waals surface area contributed by atoms with E-state index in [1.54, 1.807) is 6.07 Å².